The van der Waals surface area contributed by atoms with E-state index in [4.69, 9.17) is 10.5 Å². The standard InChI is InChI=1S/C11H22N2O2/c1-8(7-15-2)13-10-6-4-3-5-9(10)11(12)14/h8-10,13H,3-7H2,1-2H3,(H2,12,14)/t8-,9-,10-/m0/s1. The number of carbonyl (C=O) groups excluding carboxylic acids is 1. The fraction of sp³-hybridized carbons (Fsp3) is 0.909. The van der Waals surface area contributed by atoms with Crippen molar-refractivity contribution >= 4 is 5.91 Å². The molecule has 1 saturated carbocycles. The maximum atomic E-state index is 11.3. The van der Waals surface area contributed by atoms with E-state index in [0.717, 1.165) is 19.3 Å². The first-order chi connectivity index (χ1) is 7.15. The molecule has 1 amide bonds. The topological polar surface area (TPSA) is 64.3 Å². The van der Waals surface area contributed by atoms with Crippen LogP contribution < -0.4 is 11.1 Å². The maximum absolute atomic E-state index is 11.3. The van der Waals surface area contributed by atoms with Gasteiger partial charge >= 0.3 is 0 Å². The monoisotopic (exact) mass is 214 g/mol. The summed E-state index contributed by atoms with van der Waals surface area (Å²) in [5.74, 6) is -0.171. The van der Waals surface area contributed by atoms with Crippen LogP contribution in [0.1, 0.15) is 32.6 Å². The number of rotatable bonds is 5. The maximum Gasteiger partial charge on any atom is 0.222 e. The fourth-order valence-electron chi connectivity index (χ4n) is 2.33. The van der Waals surface area contributed by atoms with Gasteiger partial charge in [-0.1, -0.05) is 12.8 Å². The Labute approximate surface area is 91.5 Å². The molecular formula is C11H22N2O2. The van der Waals surface area contributed by atoms with Crippen molar-refractivity contribution in [3.63, 3.8) is 0 Å². The molecule has 3 N–H and O–H groups in total. The van der Waals surface area contributed by atoms with E-state index in [-0.39, 0.29) is 23.9 Å². The number of ether oxygens (including phenoxy) is 1. The fourth-order valence-corrected chi connectivity index (χ4v) is 2.33. The SMILES string of the molecule is COC[C@H](C)N[C@H]1CCCC[C@@H]1C(N)=O. The van der Waals surface area contributed by atoms with Crippen LogP contribution in [-0.2, 0) is 9.53 Å². The molecule has 3 atom stereocenters. The minimum absolute atomic E-state index is 0.00180. The largest absolute Gasteiger partial charge is 0.383 e. The van der Waals surface area contributed by atoms with Crippen LogP contribution in [0, 0.1) is 5.92 Å². The number of primary amides is 1. The quantitative estimate of drug-likeness (QED) is 0.706. The Bertz CT molecular complexity index is 209. The molecule has 0 bridgehead atoms. The van der Waals surface area contributed by atoms with E-state index in [9.17, 15) is 4.79 Å². The molecule has 0 radical (unpaired) electrons. The van der Waals surface area contributed by atoms with E-state index in [1.807, 2.05) is 0 Å². The molecule has 0 heterocycles. The highest BCUT2D eigenvalue weighted by Gasteiger charge is 2.29. The first-order valence-corrected chi connectivity index (χ1v) is 5.69. The second-order valence-electron chi connectivity index (χ2n) is 4.42. The number of hydrogen-bond donors (Lipinski definition) is 2. The lowest BCUT2D eigenvalue weighted by Gasteiger charge is -2.32. The van der Waals surface area contributed by atoms with Crippen molar-refractivity contribution in [2.75, 3.05) is 13.7 Å². The van der Waals surface area contributed by atoms with Gasteiger partial charge in [-0.25, -0.2) is 0 Å². The molecule has 0 aromatic heterocycles. The van der Waals surface area contributed by atoms with Crippen LogP contribution >= 0.6 is 0 Å². The van der Waals surface area contributed by atoms with E-state index >= 15 is 0 Å². The minimum Gasteiger partial charge on any atom is -0.383 e. The van der Waals surface area contributed by atoms with Gasteiger partial charge in [0, 0.05) is 19.2 Å². The van der Waals surface area contributed by atoms with Gasteiger partial charge in [0.25, 0.3) is 0 Å². The van der Waals surface area contributed by atoms with Gasteiger partial charge < -0.3 is 15.8 Å². The highest BCUT2D eigenvalue weighted by atomic mass is 16.5. The van der Waals surface area contributed by atoms with Gasteiger partial charge in [-0.15, -0.1) is 0 Å². The zero-order valence-corrected chi connectivity index (χ0v) is 9.66. The average Bonchev–Trinajstić information content (AvgIpc) is 2.18. The van der Waals surface area contributed by atoms with Gasteiger partial charge in [-0.3, -0.25) is 4.79 Å². The molecule has 4 nitrogen and oxygen atoms in total. The van der Waals surface area contributed by atoms with Crippen LogP contribution in [0.3, 0.4) is 0 Å². The van der Waals surface area contributed by atoms with Crippen LogP contribution in [0.25, 0.3) is 0 Å². The van der Waals surface area contributed by atoms with Crippen molar-refractivity contribution in [1.29, 1.82) is 0 Å². The summed E-state index contributed by atoms with van der Waals surface area (Å²) in [6.45, 7) is 2.73. The van der Waals surface area contributed by atoms with E-state index in [1.165, 1.54) is 6.42 Å². The molecule has 15 heavy (non-hydrogen) atoms. The molecule has 1 aliphatic rings. The van der Waals surface area contributed by atoms with E-state index < -0.39 is 0 Å². The zero-order valence-electron chi connectivity index (χ0n) is 9.66. The van der Waals surface area contributed by atoms with Crippen molar-refractivity contribution in [3.8, 4) is 0 Å². The summed E-state index contributed by atoms with van der Waals surface area (Å²) in [5, 5.41) is 3.43. The Kier molecular flexibility index (Phi) is 5.05. The Morgan fingerprint density at radius 2 is 2.20 bits per heavy atom. The number of carbonyl (C=O) groups is 1. The molecule has 0 aliphatic heterocycles. The van der Waals surface area contributed by atoms with Crippen molar-refractivity contribution < 1.29 is 9.53 Å². The van der Waals surface area contributed by atoms with Gasteiger partial charge in [-0.05, 0) is 19.8 Å². The molecule has 1 fully saturated rings. The van der Waals surface area contributed by atoms with Gasteiger partial charge in [0.1, 0.15) is 0 Å². The normalized spacial score (nSPS) is 28.7. The van der Waals surface area contributed by atoms with Gasteiger partial charge in [-0.2, -0.15) is 0 Å². The van der Waals surface area contributed by atoms with Crippen LogP contribution in [-0.4, -0.2) is 31.7 Å². The van der Waals surface area contributed by atoms with E-state index in [2.05, 4.69) is 12.2 Å². The summed E-state index contributed by atoms with van der Waals surface area (Å²) >= 11 is 0. The van der Waals surface area contributed by atoms with Gasteiger partial charge in [0.2, 0.25) is 5.91 Å². The highest BCUT2D eigenvalue weighted by molar-refractivity contribution is 5.77. The predicted octanol–water partition coefficient (Wildman–Crippen LogP) is 0.655. The molecule has 0 aromatic carbocycles. The second-order valence-corrected chi connectivity index (χ2v) is 4.42. The van der Waals surface area contributed by atoms with Gasteiger partial charge in [0.15, 0.2) is 0 Å². The molecule has 0 unspecified atom stereocenters. The summed E-state index contributed by atoms with van der Waals surface area (Å²) in [4.78, 5) is 11.3. The van der Waals surface area contributed by atoms with Crippen molar-refractivity contribution in [2.45, 2.75) is 44.7 Å². The Morgan fingerprint density at radius 3 is 2.80 bits per heavy atom. The number of amides is 1. The lowest BCUT2D eigenvalue weighted by Crippen LogP contribution is -2.48. The van der Waals surface area contributed by atoms with Crippen LogP contribution in [0.4, 0.5) is 0 Å². The molecule has 0 saturated heterocycles. The first-order valence-electron chi connectivity index (χ1n) is 5.69. The molecule has 88 valence electrons. The minimum atomic E-state index is -0.170. The number of nitrogens with two attached hydrogens (primary N) is 1. The lowest BCUT2D eigenvalue weighted by molar-refractivity contribution is -0.123. The smallest absolute Gasteiger partial charge is 0.222 e. The van der Waals surface area contributed by atoms with Crippen LogP contribution in [0.5, 0.6) is 0 Å². The third-order valence-electron chi connectivity index (χ3n) is 3.05. The van der Waals surface area contributed by atoms with Crippen molar-refractivity contribution in [3.05, 3.63) is 0 Å². The molecule has 0 spiro atoms. The first kappa shape index (κ1) is 12.5. The lowest BCUT2D eigenvalue weighted by atomic mass is 9.83. The Morgan fingerprint density at radius 1 is 1.53 bits per heavy atom. The second kappa shape index (κ2) is 6.08. The Hall–Kier alpha value is -0.610. The van der Waals surface area contributed by atoms with Gasteiger partial charge in [0.05, 0.1) is 12.5 Å². The van der Waals surface area contributed by atoms with E-state index in [0.29, 0.717) is 6.61 Å². The summed E-state index contributed by atoms with van der Waals surface area (Å²) in [6.07, 6.45) is 4.26. The predicted molar refractivity (Wildman–Crippen MR) is 59.4 cm³/mol. The number of methoxy groups -OCH3 is 1. The molecule has 0 aromatic rings. The molecule has 1 rings (SSSR count). The summed E-state index contributed by atoms with van der Waals surface area (Å²) in [6, 6.07) is 0.515. The summed E-state index contributed by atoms with van der Waals surface area (Å²) in [7, 11) is 1.69. The molecular weight excluding hydrogens is 192 g/mol. The molecule has 4 heteroatoms. The zero-order chi connectivity index (χ0) is 11.3. The van der Waals surface area contributed by atoms with Crippen LogP contribution in [0.15, 0.2) is 0 Å². The van der Waals surface area contributed by atoms with Crippen molar-refractivity contribution in [2.24, 2.45) is 11.7 Å². The van der Waals surface area contributed by atoms with Crippen molar-refractivity contribution in [1.82, 2.24) is 5.32 Å². The third-order valence-corrected chi connectivity index (χ3v) is 3.05. The van der Waals surface area contributed by atoms with Crippen LogP contribution in [0.2, 0.25) is 0 Å². The third kappa shape index (κ3) is 3.80. The highest BCUT2D eigenvalue weighted by Crippen LogP contribution is 2.24. The Balaban J connectivity index is 2.45. The molecule has 1 aliphatic carbocycles. The summed E-state index contributed by atoms with van der Waals surface area (Å²) in [5.41, 5.74) is 5.40. The number of hydrogen-bond acceptors (Lipinski definition) is 3. The summed E-state index contributed by atoms with van der Waals surface area (Å²) < 4.78 is 5.06. The van der Waals surface area contributed by atoms with E-state index in [1.54, 1.807) is 7.11 Å². The average molecular weight is 214 g/mol. The number of nitrogens with one attached hydrogen (secondary N) is 1.